The maximum absolute atomic E-state index is 12.5. The van der Waals surface area contributed by atoms with Gasteiger partial charge >= 0.3 is 0 Å². The summed E-state index contributed by atoms with van der Waals surface area (Å²) >= 11 is 0. The lowest BCUT2D eigenvalue weighted by molar-refractivity contribution is -0.116. The zero-order chi connectivity index (χ0) is 20.1. The van der Waals surface area contributed by atoms with E-state index in [0.717, 1.165) is 34.7 Å². The Morgan fingerprint density at radius 2 is 1.74 bits per heavy atom. The topological polar surface area (TPSA) is 76.0 Å². The van der Waals surface area contributed by atoms with E-state index < -0.39 is 0 Å². The molecule has 1 aromatic heterocycles. The number of amides is 2. The smallest absolute Gasteiger partial charge is 0.224 e. The van der Waals surface area contributed by atoms with Crippen molar-refractivity contribution < 1.29 is 9.59 Å². The minimum Gasteiger partial charge on any atom is -0.326 e. The summed E-state index contributed by atoms with van der Waals surface area (Å²) in [4.78, 5) is 23.7. The molecule has 1 aromatic carbocycles. The molecule has 0 spiro atoms. The van der Waals surface area contributed by atoms with Crippen molar-refractivity contribution in [3.05, 3.63) is 40.7 Å². The second-order valence-electron chi connectivity index (χ2n) is 7.43. The van der Waals surface area contributed by atoms with Crippen LogP contribution in [-0.4, -0.2) is 21.6 Å². The standard InChI is InChI=1S/C21H30N4O2/c1-13(2)12-25-16(5)18(15(4)24-25)10-11-21(27)23-20-9-7-8-19(14(20)3)22-17(6)26/h7-9,13H,10-12H2,1-6H3,(H,22,26)(H,23,27). The summed E-state index contributed by atoms with van der Waals surface area (Å²) in [6.45, 7) is 12.6. The lowest BCUT2D eigenvalue weighted by atomic mass is 10.1. The highest BCUT2D eigenvalue weighted by Gasteiger charge is 2.14. The maximum atomic E-state index is 12.5. The highest BCUT2D eigenvalue weighted by atomic mass is 16.2. The molecule has 0 radical (unpaired) electrons. The van der Waals surface area contributed by atoms with Gasteiger partial charge in [0, 0.05) is 37.0 Å². The van der Waals surface area contributed by atoms with Gasteiger partial charge in [0.15, 0.2) is 0 Å². The first-order valence-electron chi connectivity index (χ1n) is 9.39. The molecule has 0 atom stereocenters. The Morgan fingerprint density at radius 1 is 1.11 bits per heavy atom. The van der Waals surface area contributed by atoms with Crippen LogP contribution in [-0.2, 0) is 22.6 Å². The number of carbonyl (C=O) groups excluding carboxylic acids is 2. The van der Waals surface area contributed by atoms with Gasteiger partial charge in [0.2, 0.25) is 11.8 Å². The molecule has 0 unspecified atom stereocenters. The fraction of sp³-hybridized carbons (Fsp3) is 0.476. The van der Waals surface area contributed by atoms with Crippen LogP contribution in [0.5, 0.6) is 0 Å². The van der Waals surface area contributed by atoms with E-state index in [0.29, 0.717) is 24.4 Å². The molecule has 6 heteroatoms. The van der Waals surface area contributed by atoms with E-state index in [1.54, 1.807) is 0 Å². The van der Waals surface area contributed by atoms with Gasteiger partial charge in [0.1, 0.15) is 0 Å². The average Bonchev–Trinajstić information content (AvgIpc) is 2.82. The number of hydrogen-bond acceptors (Lipinski definition) is 3. The molecule has 0 fully saturated rings. The minimum absolute atomic E-state index is 0.0477. The third-order valence-corrected chi connectivity index (χ3v) is 4.59. The Morgan fingerprint density at radius 3 is 2.33 bits per heavy atom. The molecule has 0 aliphatic carbocycles. The first kappa shape index (κ1) is 20.7. The Kier molecular flexibility index (Phi) is 6.77. The van der Waals surface area contributed by atoms with Crippen molar-refractivity contribution in [3.63, 3.8) is 0 Å². The first-order valence-corrected chi connectivity index (χ1v) is 9.39. The number of rotatable bonds is 7. The van der Waals surface area contributed by atoms with Crippen molar-refractivity contribution in [2.75, 3.05) is 10.6 Å². The number of aromatic nitrogens is 2. The van der Waals surface area contributed by atoms with Crippen molar-refractivity contribution in [3.8, 4) is 0 Å². The van der Waals surface area contributed by atoms with Gasteiger partial charge in [-0.25, -0.2) is 0 Å². The summed E-state index contributed by atoms with van der Waals surface area (Å²) in [7, 11) is 0. The van der Waals surface area contributed by atoms with Gasteiger partial charge in [0.05, 0.1) is 5.69 Å². The van der Waals surface area contributed by atoms with Crippen molar-refractivity contribution in [2.24, 2.45) is 5.92 Å². The first-order chi connectivity index (χ1) is 12.7. The Balaban J connectivity index is 2.03. The van der Waals surface area contributed by atoms with Gasteiger partial charge in [-0.3, -0.25) is 14.3 Å². The summed E-state index contributed by atoms with van der Waals surface area (Å²) in [5.41, 5.74) is 5.55. The molecule has 0 aliphatic rings. The van der Waals surface area contributed by atoms with E-state index in [4.69, 9.17) is 0 Å². The molecule has 2 rings (SSSR count). The summed E-state index contributed by atoms with van der Waals surface area (Å²) < 4.78 is 2.04. The third kappa shape index (κ3) is 5.42. The van der Waals surface area contributed by atoms with Crippen LogP contribution in [0.2, 0.25) is 0 Å². The van der Waals surface area contributed by atoms with E-state index in [1.807, 2.05) is 36.7 Å². The van der Waals surface area contributed by atoms with Crippen LogP contribution in [0.25, 0.3) is 0 Å². The summed E-state index contributed by atoms with van der Waals surface area (Å²) in [6, 6.07) is 5.48. The number of aryl methyl sites for hydroxylation is 1. The summed E-state index contributed by atoms with van der Waals surface area (Å²) in [5, 5.41) is 10.3. The zero-order valence-electron chi connectivity index (χ0n) is 17.1. The fourth-order valence-corrected chi connectivity index (χ4v) is 3.17. The van der Waals surface area contributed by atoms with E-state index in [-0.39, 0.29) is 11.8 Å². The van der Waals surface area contributed by atoms with E-state index in [9.17, 15) is 9.59 Å². The highest BCUT2D eigenvalue weighted by Crippen LogP contribution is 2.24. The SMILES string of the molecule is CC(=O)Nc1cccc(NC(=O)CCc2c(C)nn(CC(C)C)c2C)c1C. The van der Waals surface area contributed by atoms with Crippen molar-refractivity contribution in [1.29, 1.82) is 0 Å². The molecule has 6 nitrogen and oxygen atoms in total. The van der Waals surface area contributed by atoms with Crippen molar-refractivity contribution in [1.82, 2.24) is 9.78 Å². The summed E-state index contributed by atoms with van der Waals surface area (Å²) in [6.07, 6.45) is 1.05. The lowest BCUT2D eigenvalue weighted by Crippen LogP contribution is -2.15. The number of anilines is 2. The third-order valence-electron chi connectivity index (χ3n) is 4.59. The average molecular weight is 370 g/mol. The van der Waals surface area contributed by atoms with E-state index in [1.165, 1.54) is 6.92 Å². The second-order valence-corrected chi connectivity index (χ2v) is 7.43. The molecule has 0 saturated heterocycles. The molecule has 0 aliphatic heterocycles. The van der Waals surface area contributed by atoms with Gasteiger partial charge in [-0.2, -0.15) is 5.10 Å². The molecule has 2 amide bonds. The quantitative estimate of drug-likeness (QED) is 0.773. The molecule has 0 saturated carbocycles. The van der Waals surface area contributed by atoms with Gasteiger partial charge in [-0.05, 0) is 56.4 Å². The minimum atomic E-state index is -0.133. The zero-order valence-corrected chi connectivity index (χ0v) is 17.1. The molecule has 27 heavy (non-hydrogen) atoms. The Hall–Kier alpha value is -2.63. The van der Waals surface area contributed by atoms with Gasteiger partial charge in [-0.1, -0.05) is 19.9 Å². The number of nitrogens with zero attached hydrogens (tertiary/aromatic N) is 2. The number of hydrogen-bond donors (Lipinski definition) is 2. The predicted octanol–water partition coefficient (Wildman–Crippen LogP) is 3.99. The fourth-order valence-electron chi connectivity index (χ4n) is 3.17. The van der Waals surface area contributed by atoms with Crippen LogP contribution >= 0.6 is 0 Å². The Labute approximate surface area is 161 Å². The van der Waals surface area contributed by atoms with Gasteiger partial charge in [-0.15, -0.1) is 0 Å². The number of nitrogens with one attached hydrogen (secondary N) is 2. The molecule has 0 bridgehead atoms. The number of benzene rings is 1. The van der Waals surface area contributed by atoms with Gasteiger partial charge in [0.25, 0.3) is 0 Å². The van der Waals surface area contributed by atoms with E-state index in [2.05, 4.69) is 36.5 Å². The van der Waals surface area contributed by atoms with Crippen LogP contribution < -0.4 is 10.6 Å². The van der Waals surface area contributed by atoms with Crippen LogP contribution in [0, 0.1) is 26.7 Å². The maximum Gasteiger partial charge on any atom is 0.224 e. The number of carbonyl (C=O) groups is 2. The van der Waals surface area contributed by atoms with Crippen LogP contribution in [0.4, 0.5) is 11.4 Å². The highest BCUT2D eigenvalue weighted by molar-refractivity contribution is 5.95. The van der Waals surface area contributed by atoms with Crippen LogP contribution in [0.15, 0.2) is 18.2 Å². The molecular weight excluding hydrogens is 340 g/mol. The second kappa shape index (κ2) is 8.84. The Bertz CT molecular complexity index is 837. The molecule has 146 valence electrons. The monoisotopic (exact) mass is 370 g/mol. The molecular formula is C21H30N4O2. The van der Waals surface area contributed by atoms with Crippen molar-refractivity contribution in [2.45, 2.75) is 60.9 Å². The molecule has 1 heterocycles. The lowest BCUT2D eigenvalue weighted by Gasteiger charge is -2.13. The predicted molar refractivity (Wildman–Crippen MR) is 109 cm³/mol. The van der Waals surface area contributed by atoms with Crippen LogP contribution in [0.1, 0.15) is 49.7 Å². The van der Waals surface area contributed by atoms with Gasteiger partial charge < -0.3 is 10.6 Å². The van der Waals surface area contributed by atoms with E-state index >= 15 is 0 Å². The largest absolute Gasteiger partial charge is 0.326 e. The molecule has 2 N–H and O–H groups in total. The van der Waals surface area contributed by atoms with Crippen LogP contribution in [0.3, 0.4) is 0 Å². The molecule has 2 aromatic rings. The normalized spacial score (nSPS) is 10.9. The summed E-state index contributed by atoms with van der Waals surface area (Å²) in [5.74, 6) is 0.345. The van der Waals surface area contributed by atoms with Crippen molar-refractivity contribution >= 4 is 23.2 Å².